The maximum absolute atomic E-state index is 12.7. The van der Waals surface area contributed by atoms with E-state index in [0.717, 1.165) is 17.7 Å². The number of amides is 2. The second-order valence-corrected chi connectivity index (χ2v) is 7.82. The molecule has 1 aromatic rings. The highest BCUT2D eigenvalue weighted by Gasteiger charge is 2.41. The Morgan fingerprint density at radius 1 is 1.28 bits per heavy atom. The molecule has 136 valence electrons. The summed E-state index contributed by atoms with van der Waals surface area (Å²) in [7, 11) is 1.65. The molecule has 0 saturated carbocycles. The van der Waals surface area contributed by atoms with Crippen molar-refractivity contribution in [3.63, 3.8) is 0 Å². The van der Waals surface area contributed by atoms with Gasteiger partial charge >= 0.3 is 0 Å². The van der Waals surface area contributed by atoms with Gasteiger partial charge in [0.05, 0.1) is 18.3 Å². The third-order valence-corrected chi connectivity index (χ3v) is 6.29. The molecular formula is C19H26N2O3S. The van der Waals surface area contributed by atoms with Crippen LogP contribution in [0, 0.1) is 12.8 Å². The largest absolute Gasteiger partial charge is 0.383 e. The molecule has 2 bridgehead atoms. The number of nitrogens with zero attached hydrogens (tertiary/aromatic N) is 2. The van der Waals surface area contributed by atoms with Gasteiger partial charge in [0.2, 0.25) is 11.8 Å². The summed E-state index contributed by atoms with van der Waals surface area (Å²) in [5, 5.41) is 0. The normalized spacial score (nSPS) is 23.0. The van der Waals surface area contributed by atoms with E-state index in [4.69, 9.17) is 4.74 Å². The van der Waals surface area contributed by atoms with E-state index in [1.54, 1.807) is 18.9 Å². The molecule has 0 radical (unpaired) electrons. The van der Waals surface area contributed by atoms with Crippen molar-refractivity contribution in [1.29, 1.82) is 0 Å². The van der Waals surface area contributed by atoms with Gasteiger partial charge in [0, 0.05) is 37.7 Å². The van der Waals surface area contributed by atoms with E-state index >= 15 is 0 Å². The third kappa shape index (κ3) is 4.18. The molecule has 3 fully saturated rings. The molecule has 6 heteroatoms. The average molecular weight is 362 g/mol. The minimum atomic E-state index is -0.0528. The lowest BCUT2D eigenvalue weighted by atomic mass is 9.94. The fourth-order valence-electron chi connectivity index (χ4n) is 3.68. The Balaban J connectivity index is 1.62. The predicted octanol–water partition coefficient (Wildman–Crippen LogP) is 2.18. The molecule has 0 spiro atoms. The van der Waals surface area contributed by atoms with E-state index in [2.05, 4.69) is 19.1 Å². The first-order valence-corrected chi connectivity index (χ1v) is 9.84. The quantitative estimate of drug-likeness (QED) is 0.728. The molecule has 5 nitrogen and oxygen atoms in total. The maximum atomic E-state index is 12.7. The van der Waals surface area contributed by atoms with Gasteiger partial charge < -0.3 is 14.5 Å². The molecule has 0 aromatic heterocycles. The standard InChI is InChI=1S/C19H26N2O3S/c1-14-5-3-4-6-17(14)25-13-18(22)20-11-15-7-8-16(12-20)21(19(15)23)9-10-24-2/h3-6,15-16H,7-13H2,1-2H3/t15-,16+/m0/s1. The molecular weight excluding hydrogens is 336 g/mol. The summed E-state index contributed by atoms with van der Waals surface area (Å²) in [6.07, 6.45) is 1.87. The molecule has 3 saturated heterocycles. The SMILES string of the molecule is COCCN1C(=O)[C@H]2CC[C@@H]1CN(C(=O)CSc1ccccc1C)C2. The molecule has 2 atom stereocenters. The van der Waals surface area contributed by atoms with E-state index < -0.39 is 0 Å². The summed E-state index contributed by atoms with van der Waals surface area (Å²) in [5.74, 6) is 0.695. The van der Waals surface area contributed by atoms with Crippen LogP contribution in [0.5, 0.6) is 0 Å². The molecule has 3 aliphatic heterocycles. The number of piperidine rings is 1. The van der Waals surface area contributed by atoms with Gasteiger partial charge in [-0.3, -0.25) is 9.59 Å². The summed E-state index contributed by atoms with van der Waals surface area (Å²) < 4.78 is 5.14. The lowest BCUT2D eigenvalue weighted by Gasteiger charge is -2.35. The van der Waals surface area contributed by atoms with Crippen LogP contribution < -0.4 is 0 Å². The zero-order valence-electron chi connectivity index (χ0n) is 14.9. The summed E-state index contributed by atoms with van der Waals surface area (Å²) >= 11 is 1.58. The van der Waals surface area contributed by atoms with Gasteiger partial charge in [-0.05, 0) is 31.4 Å². The van der Waals surface area contributed by atoms with Crippen LogP contribution in [0.4, 0.5) is 0 Å². The number of aryl methyl sites for hydroxylation is 1. The molecule has 0 aliphatic carbocycles. The Labute approximate surface area is 153 Å². The van der Waals surface area contributed by atoms with Crippen molar-refractivity contribution in [3.8, 4) is 0 Å². The number of carbonyl (C=O) groups is 2. The van der Waals surface area contributed by atoms with Crippen LogP contribution in [0.3, 0.4) is 0 Å². The number of hydrogen-bond acceptors (Lipinski definition) is 4. The smallest absolute Gasteiger partial charge is 0.233 e. The van der Waals surface area contributed by atoms with E-state index in [0.29, 0.717) is 32.0 Å². The second-order valence-electron chi connectivity index (χ2n) is 6.81. The van der Waals surface area contributed by atoms with Crippen molar-refractivity contribution in [2.75, 3.05) is 39.1 Å². The first-order chi connectivity index (χ1) is 12.1. The van der Waals surface area contributed by atoms with Gasteiger partial charge in [-0.15, -0.1) is 11.8 Å². The Morgan fingerprint density at radius 3 is 2.84 bits per heavy atom. The summed E-state index contributed by atoms with van der Waals surface area (Å²) in [6, 6.07) is 8.25. The average Bonchev–Trinajstić information content (AvgIpc) is 2.90. The number of hydrogen-bond donors (Lipinski definition) is 0. The number of benzene rings is 1. The van der Waals surface area contributed by atoms with Gasteiger partial charge in [-0.1, -0.05) is 18.2 Å². The zero-order valence-corrected chi connectivity index (χ0v) is 15.8. The molecule has 3 heterocycles. The first kappa shape index (κ1) is 18.3. The molecule has 25 heavy (non-hydrogen) atoms. The number of carbonyl (C=O) groups excluding carboxylic acids is 2. The molecule has 2 amide bonds. The minimum absolute atomic E-state index is 0.0528. The minimum Gasteiger partial charge on any atom is -0.383 e. The van der Waals surface area contributed by atoms with Crippen molar-refractivity contribution in [2.45, 2.75) is 30.7 Å². The highest BCUT2D eigenvalue weighted by atomic mass is 32.2. The van der Waals surface area contributed by atoms with Gasteiger partial charge in [0.1, 0.15) is 0 Å². The lowest BCUT2D eigenvalue weighted by molar-refractivity contribution is -0.140. The number of thioether (sulfide) groups is 1. The molecule has 1 aromatic carbocycles. The van der Waals surface area contributed by atoms with Crippen molar-refractivity contribution < 1.29 is 14.3 Å². The van der Waals surface area contributed by atoms with Gasteiger partial charge in [0.15, 0.2) is 0 Å². The van der Waals surface area contributed by atoms with Crippen molar-refractivity contribution in [1.82, 2.24) is 9.80 Å². The van der Waals surface area contributed by atoms with Crippen LogP contribution in [0.1, 0.15) is 18.4 Å². The zero-order chi connectivity index (χ0) is 17.8. The fourth-order valence-corrected chi connectivity index (χ4v) is 4.61. The predicted molar refractivity (Wildman–Crippen MR) is 98.6 cm³/mol. The van der Waals surface area contributed by atoms with E-state index in [1.165, 1.54) is 5.56 Å². The van der Waals surface area contributed by atoms with Crippen LogP contribution in [0.25, 0.3) is 0 Å². The maximum Gasteiger partial charge on any atom is 0.233 e. The van der Waals surface area contributed by atoms with Crippen LogP contribution in [0.2, 0.25) is 0 Å². The van der Waals surface area contributed by atoms with E-state index in [9.17, 15) is 9.59 Å². The number of fused-ring (bicyclic) bond motifs is 4. The number of ether oxygens (including phenoxy) is 1. The fraction of sp³-hybridized carbons (Fsp3) is 0.579. The monoisotopic (exact) mass is 362 g/mol. The van der Waals surface area contributed by atoms with Crippen LogP contribution in [-0.4, -0.2) is 66.8 Å². The summed E-state index contributed by atoms with van der Waals surface area (Å²) in [5.41, 5.74) is 1.19. The van der Waals surface area contributed by atoms with Crippen molar-refractivity contribution in [3.05, 3.63) is 29.8 Å². The summed E-state index contributed by atoms with van der Waals surface area (Å²) in [4.78, 5) is 30.3. The van der Waals surface area contributed by atoms with Crippen LogP contribution in [0.15, 0.2) is 29.2 Å². The lowest BCUT2D eigenvalue weighted by Crippen LogP contribution is -2.49. The molecule has 3 aliphatic rings. The topological polar surface area (TPSA) is 49.9 Å². The third-order valence-electron chi connectivity index (χ3n) is 5.13. The van der Waals surface area contributed by atoms with Gasteiger partial charge in [-0.25, -0.2) is 0 Å². The molecule has 0 unspecified atom stereocenters. The van der Waals surface area contributed by atoms with E-state index in [1.807, 2.05) is 21.9 Å². The number of rotatable bonds is 6. The molecule has 4 rings (SSSR count). The first-order valence-electron chi connectivity index (χ1n) is 8.85. The van der Waals surface area contributed by atoms with Gasteiger partial charge in [0.25, 0.3) is 0 Å². The Hall–Kier alpha value is -1.53. The van der Waals surface area contributed by atoms with Crippen molar-refractivity contribution in [2.24, 2.45) is 5.92 Å². The second kappa shape index (κ2) is 8.23. The van der Waals surface area contributed by atoms with Crippen molar-refractivity contribution >= 4 is 23.6 Å². The Bertz CT molecular complexity index is 637. The van der Waals surface area contributed by atoms with Crippen LogP contribution in [-0.2, 0) is 14.3 Å². The Kier molecular flexibility index (Phi) is 6.02. The van der Waals surface area contributed by atoms with Gasteiger partial charge in [-0.2, -0.15) is 0 Å². The van der Waals surface area contributed by atoms with E-state index in [-0.39, 0.29) is 23.8 Å². The highest BCUT2D eigenvalue weighted by Crippen LogP contribution is 2.30. The molecule has 0 N–H and O–H groups in total. The highest BCUT2D eigenvalue weighted by molar-refractivity contribution is 8.00. The van der Waals surface area contributed by atoms with Crippen LogP contribution >= 0.6 is 11.8 Å². The summed E-state index contributed by atoms with van der Waals surface area (Å²) in [6.45, 7) is 4.44. The number of methoxy groups -OCH3 is 1. The Morgan fingerprint density at radius 2 is 2.08 bits per heavy atom.